The van der Waals surface area contributed by atoms with Gasteiger partial charge in [-0.2, -0.15) is 8.42 Å². The lowest BCUT2D eigenvalue weighted by Gasteiger charge is -2.23. The molecule has 0 aliphatic rings. The van der Waals surface area contributed by atoms with E-state index in [-0.39, 0.29) is 24.9 Å². The zero-order chi connectivity index (χ0) is 22.6. The summed E-state index contributed by atoms with van der Waals surface area (Å²) in [5.74, 6) is 0.819. The van der Waals surface area contributed by atoms with Gasteiger partial charge in [0, 0.05) is 11.9 Å². The minimum atomic E-state index is -3.65. The summed E-state index contributed by atoms with van der Waals surface area (Å²) < 4.78 is 33.3. The molecule has 0 aliphatic heterocycles. The van der Waals surface area contributed by atoms with Crippen LogP contribution in [-0.2, 0) is 23.2 Å². The normalized spacial score (nSPS) is 11.3. The van der Waals surface area contributed by atoms with Gasteiger partial charge in [0.2, 0.25) is 0 Å². The third-order valence-electron chi connectivity index (χ3n) is 4.76. The van der Waals surface area contributed by atoms with Crippen molar-refractivity contribution in [2.75, 3.05) is 11.6 Å². The summed E-state index contributed by atoms with van der Waals surface area (Å²) in [7, 11) is -3.65. The van der Waals surface area contributed by atoms with Crippen molar-refractivity contribution < 1.29 is 21.8 Å². The highest BCUT2D eigenvalue weighted by molar-refractivity contribution is 7.86. The first-order chi connectivity index (χ1) is 15.4. The summed E-state index contributed by atoms with van der Waals surface area (Å²) in [5.41, 5.74) is 1.41. The Morgan fingerprint density at radius 3 is 2.53 bits per heavy atom. The van der Waals surface area contributed by atoms with Crippen molar-refractivity contribution in [2.45, 2.75) is 13.1 Å². The largest absolute Gasteiger partial charge is 0.467 e. The number of carbonyl (C=O) groups is 1. The molecule has 3 aromatic carbocycles. The van der Waals surface area contributed by atoms with E-state index in [1.54, 1.807) is 47.6 Å². The lowest BCUT2D eigenvalue weighted by atomic mass is 10.1. The third-order valence-corrected chi connectivity index (χ3v) is 5.26. The Morgan fingerprint density at radius 2 is 1.75 bits per heavy atom. The molecular formula is C24H22N2O5S. The van der Waals surface area contributed by atoms with E-state index in [0.29, 0.717) is 17.0 Å². The molecule has 0 radical (unpaired) electrons. The van der Waals surface area contributed by atoms with Crippen LogP contribution in [0.1, 0.15) is 11.3 Å². The number of nitrogens with one attached hydrogen (secondary N) is 1. The average Bonchev–Trinajstić information content (AvgIpc) is 3.26. The van der Waals surface area contributed by atoms with Crippen molar-refractivity contribution in [1.82, 2.24) is 4.90 Å². The number of fused-ring (bicyclic) bond motifs is 1. The number of hydrogen-bond donors (Lipinski definition) is 1. The number of urea groups is 1. The standard InChI is InChI=1S/C24H22N2O5S/c1-32(28,29)31-20-10-4-7-18(15-20)16-26(17-21-11-6-14-30-21)24(27)25-23-13-5-9-19-8-2-3-12-22(19)23/h2-15H,16-17H2,1H3,(H,25,27). The van der Waals surface area contributed by atoms with Crippen molar-refractivity contribution >= 4 is 32.6 Å². The quantitative estimate of drug-likeness (QED) is 0.400. The Morgan fingerprint density at radius 1 is 0.969 bits per heavy atom. The zero-order valence-corrected chi connectivity index (χ0v) is 18.2. The van der Waals surface area contributed by atoms with Crippen molar-refractivity contribution in [3.8, 4) is 5.75 Å². The van der Waals surface area contributed by atoms with E-state index >= 15 is 0 Å². The second-order valence-corrected chi connectivity index (χ2v) is 8.90. The number of benzene rings is 3. The van der Waals surface area contributed by atoms with Gasteiger partial charge in [0.1, 0.15) is 11.5 Å². The van der Waals surface area contributed by atoms with Gasteiger partial charge < -0.3 is 18.8 Å². The fourth-order valence-corrected chi connectivity index (χ4v) is 3.86. The van der Waals surface area contributed by atoms with Gasteiger partial charge in [-0.1, -0.05) is 48.5 Å². The maximum atomic E-state index is 13.2. The predicted octanol–water partition coefficient (Wildman–Crippen LogP) is 5.01. The minimum absolute atomic E-state index is 0.192. The van der Waals surface area contributed by atoms with Gasteiger partial charge in [-0.25, -0.2) is 4.79 Å². The first-order valence-electron chi connectivity index (χ1n) is 9.92. The SMILES string of the molecule is CS(=O)(=O)Oc1cccc(CN(Cc2ccco2)C(=O)Nc2cccc3ccccc23)c1. The predicted molar refractivity (Wildman–Crippen MR) is 123 cm³/mol. The van der Waals surface area contributed by atoms with Crippen molar-refractivity contribution in [3.63, 3.8) is 0 Å². The summed E-state index contributed by atoms with van der Waals surface area (Å²) in [5, 5.41) is 4.95. The summed E-state index contributed by atoms with van der Waals surface area (Å²) in [6.07, 6.45) is 2.54. The molecule has 1 aromatic heterocycles. The van der Waals surface area contributed by atoms with Gasteiger partial charge in [-0.05, 0) is 41.3 Å². The second-order valence-electron chi connectivity index (χ2n) is 7.33. The summed E-state index contributed by atoms with van der Waals surface area (Å²) in [6.45, 7) is 0.457. The number of nitrogens with zero attached hydrogens (tertiary/aromatic N) is 1. The highest BCUT2D eigenvalue weighted by Gasteiger charge is 2.18. The van der Waals surface area contributed by atoms with Gasteiger partial charge in [0.05, 0.1) is 24.8 Å². The van der Waals surface area contributed by atoms with Gasteiger partial charge in [0.25, 0.3) is 0 Å². The number of hydrogen-bond acceptors (Lipinski definition) is 5. The van der Waals surface area contributed by atoms with Crippen LogP contribution in [0.25, 0.3) is 10.8 Å². The number of furan rings is 1. The molecule has 7 nitrogen and oxygen atoms in total. The Hall–Kier alpha value is -3.78. The number of anilines is 1. The van der Waals surface area contributed by atoms with Crippen LogP contribution in [0.15, 0.2) is 89.5 Å². The van der Waals surface area contributed by atoms with Crippen LogP contribution in [-0.4, -0.2) is 25.6 Å². The fraction of sp³-hybridized carbons (Fsp3) is 0.125. The minimum Gasteiger partial charge on any atom is -0.467 e. The molecule has 1 N–H and O–H groups in total. The number of amides is 2. The highest BCUT2D eigenvalue weighted by atomic mass is 32.2. The molecule has 0 saturated carbocycles. The van der Waals surface area contributed by atoms with Crippen LogP contribution in [0.3, 0.4) is 0 Å². The average molecular weight is 451 g/mol. The van der Waals surface area contributed by atoms with E-state index in [1.165, 1.54) is 0 Å². The lowest BCUT2D eigenvalue weighted by molar-refractivity contribution is 0.201. The highest BCUT2D eigenvalue weighted by Crippen LogP contribution is 2.24. The third kappa shape index (κ3) is 5.47. The molecular weight excluding hydrogens is 428 g/mol. The van der Waals surface area contributed by atoms with Gasteiger partial charge in [0.15, 0.2) is 0 Å². The molecule has 0 saturated heterocycles. The van der Waals surface area contributed by atoms with Gasteiger partial charge in [-0.3, -0.25) is 0 Å². The van der Waals surface area contributed by atoms with Crippen LogP contribution in [0.2, 0.25) is 0 Å². The van der Waals surface area contributed by atoms with Crippen molar-refractivity contribution in [3.05, 3.63) is 96.4 Å². The lowest BCUT2D eigenvalue weighted by Crippen LogP contribution is -2.34. The molecule has 0 bridgehead atoms. The molecule has 0 unspecified atom stereocenters. The van der Waals surface area contributed by atoms with E-state index < -0.39 is 10.1 Å². The fourth-order valence-electron chi connectivity index (χ4n) is 3.41. The molecule has 2 amide bonds. The van der Waals surface area contributed by atoms with Crippen LogP contribution < -0.4 is 9.50 Å². The molecule has 0 fully saturated rings. The summed E-state index contributed by atoms with van der Waals surface area (Å²) in [6, 6.07) is 23.4. The number of rotatable bonds is 7. The smallest absolute Gasteiger partial charge is 0.322 e. The Bertz CT molecular complexity index is 1330. The molecule has 32 heavy (non-hydrogen) atoms. The van der Waals surface area contributed by atoms with Gasteiger partial charge in [-0.15, -0.1) is 0 Å². The molecule has 4 aromatic rings. The van der Waals surface area contributed by atoms with Crippen LogP contribution >= 0.6 is 0 Å². The van der Waals surface area contributed by atoms with E-state index in [0.717, 1.165) is 17.0 Å². The van der Waals surface area contributed by atoms with Gasteiger partial charge >= 0.3 is 16.1 Å². The molecule has 4 rings (SSSR count). The monoisotopic (exact) mass is 450 g/mol. The van der Waals surface area contributed by atoms with E-state index in [1.807, 2.05) is 42.5 Å². The maximum Gasteiger partial charge on any atom is 0.322 e. The topological polar surface area (TPSA) is 88.9 Å². The molecule has 1 heterocycles. The molecule has 164 valence electrons. The Balaban J connectivity index is 1.59. The van der Waals surface area contributed by atoms with Crippen molar-refractivity contribution in [2.24, 2.45) is 0 Å². The summed E-state index contributed by atoms with van der Waals surface area (Å²) >= 11 is 0. The molecule has 0 aliphatic carbocycles. The summed E-state index contributed by atoms with van der Waals surface area (Å²) in [4.78, 5) is 14.8. The van der Waals surface area contributed by atoms with Crippen molar-refractivity contribution in [1.29, 1.82) is 0 Å². The number of carbonyl (C=O) groups excluding carboxylic acids is 1. The van der Waals surface area contributed by atoms with E-state index in [2.05, 4.69) is 5.32 Å². The Labute approximate surface area is 186 Å². The first-order valence-corrected chi connectivity index (χ1v) is 11.7. The van der Waals surface area contributed by atoms with Crippen LogP contribution in [0.4, 0.5) is 10.5 Å². The van der Waals surface area contributed by atoms with Crippen LogP contribution in [0.5, 0.6) is 5.75 Å². The Kier molecular flexibility index (Phi) is 6.13. The molecule has 0 spiro atoms. The molecule has 0 atom stereocenters. The molecule has 8 heteroatoms. The second kappa shape index (κ2) is 9.15. The van der Waals surface area contributed by atoms with Crippen LogP contribution in [0, 0.1) is 0 Å². The zero-order valence-electron chi connectivity index (χ0n) is 17.4. The first kappa shape index (κ1) is 21.5. The maximum absolute atomic E-state index is 13.2. The van der Waals surface area contributed by atoms with E-state index in [4.69, 9.17) is 8.60 Å². The van der Waals surface area contributed by atoms with E-state index in [9.17, 15) is 13.2 Å².